The standard InChI is InChI=1S/C15H22N2O2/c1-15(2)11-16-14(19)13(10-18)17(15)9-8-12-6-4-3-5-7-12/h3-7,13,18H,8-11H2,1-2H3,(H,16,19). The van der Waals surface area contributed by atoms with Crippen molar-refractivity contribution in [2.24, 2.45) is 0 Å². The summed E-state index contributed by atoms with van der Waals surface area (Å²) in [6.07, 6.45) is 0.883. The summed E-state index contributed by atoms with van der Waals surface area (Å²) in [7, 11) is 0. The van der Waals surface area contributed by atoms with Crippen LogP contribution in [0.1, 0.15) is 19.4 Å². The molecule has 0 aliphatic carbocycles. The zero-order valence-electron chi connectivity index (χ0n) is 11.6. The van der Waals surface area contributed by atoms with Gasteiger partial charge in [0, 0.05) is 18.6 Å². The molecule has 1 saturated heterocycles. The lowest BCUT2D eigenvalue weighted by Crippen LogP contribution is -2.66. The van der Waals surface area contributed by atoms with Crippen LogP contribution in [0.15, 0.2) is 30.3 Å². The van der Waals surface area contributed by atoms with E-state index in [0.29, 0.717) is 6.54 Å². The Morgan fingerprint density at radius 1 is 1.37 bits per heavy atom. The number of carbonyl (C=O) groups is 1. The van der Waals surface area contributed by atoms with E-state index in [1.54, 1.807) is 0 Å². The summed E-state index contributed by atoms with van der Waals surface area (Å²) < 4.78 is 0. The number of aliphatic hydroxyl groups is 1. The van der Waals surface area contributed by atoms with Crippen LogP contribution in [0.4, 0.5) is 0 Å². The third-order valence-electron chi connectivity index (χ3n) is 3.81. The highest BCUT2D eigenvalue weighted by Crippen LogP contribution is 2.21. The first-order valence-electron chi connectivity index (χ1n) is 6.74. The molecule has 2 N–H and O–H groups in total. The smallest absolute Gasteiger partial charge is 0.239 e. The Kier molecular flexibility index (Phi) is 4.22. The van der Waals surface area contributed by atoms with Crippen LogP contribution >= 0.6 is 0 Å². The molecule has 1 aliphatic heterocycles. The Bertz CT molecular complexity index is 431. The van der Waals surface area contributed by atoms with Crippen molar-refractivity contribution in [3.05, 3.63) is 35.9 Å². The third kappa shape index (κ3) is 3.14. The molecule has 0 saturated carbocycles. The normalized spacial score (nSPS) is 23.1. The molecular formula is C15H22N2O2. The van der Waals surface area contributed by atoms with Gasteiger partial charge in [0.05, 0.1) is 6.61 Å². The molecule has 0 radical (unpaired) electrons. The molecule has 1 amide bonds. The lowest BCUT2D eigenvalue weighted by atomic mass is 9.95. The molecule has 19 heavy (non-hydrogen) atoms. The summed E-state index contributed by atoms with van der Waals surface area (Å²) in [4.78, 5) is 13.9. The number of rotatable bonds is 4. The van der Waals surface area contributed by atoms with Crippen molar-refractivity contribution < 1.29 is 9.90 Å². The molecule has 2 rings (SSSR count). The molecule has 1 atom stereocenters. The van der Waals surface area contributed by atoms with Crippen molar-refractivity contribution in [1.29, 1.82) is 0 Å². The SMILES string of the molecule is CC1(C)CNC(=O)C(CO)N1CCc1ccccc1. The summed E-state index contributed by atoms with van der Waals surface area (Å²) in [5.41, 5.74) is 1.12. The zero-order chi connectivity index (χ0) is 13.9. The van der Waals surface area contributed by atoms with Crippen LogP contribution in [-0.4, -0.2) is 47.2 Å². The van der Waals surface area contributed by atoms with Gasteiger partial charge < -0.3 is 10.4 Å². The lowest BCUT2D eigenvalue weighted by molar-refractivity contribution is -0.136. The summed E-state index contributed by atoms with van der Waals surface area (Å²) in [5.74, 6) is -0.0742. The highest BCUT2D eigenvalue weighted by atomic mass is 16.3. The average Bonchev–Trinajstić information content (AvgIpc) is 2.41. The first-order chi connectivity index (χ1) is 9.04. The van der Waals surface area contributed by atoms with Gasteiger partial charge in [-0.15, -0.1) is 0 Å². The van der Waals surface area contributed by atoms with E-state index in [-0.39, 0.29) is 18.1 Å². The van der Waals surface area contributed by atoms with E-state index in [0.717, 1.165) is 13.0 Å². The van der Waals surface area contributed by atoms with Gasteiger partial charge >= 0.3 is 0 Å². The number of benzene rings is 1. The second kappa shape index (κ2) is 5.72. The molecule has 1 aromatic carbocycles. The summed E-state index contributed by atoms with van der Waals surface area (Å²) in [5, 5.41) is 12.3. The van der Waals surface area contributed by atoms with E-state index in [1.165, 1.54) is 5.56 Å². The molecule has 1 fully saturated rings. The molecule has 0 bridgehead atoms. The lowest BCUT2D eigenvalue weighted by Gasteiger charge is -2.46. The molecule has 4 heteroatoms. The molecular weight excluding hydrogens is 240 g/mol. The van der Waals surface area contributed by atoms with Crippen LogP contribution in [0.2, 0.25) is 0 Å². The number of aliphatic hydroxyl groups excluding tert-OH is 1. The minimum absolute atomic E-state index is 0.0742. The number of piperazine rings is 1. The highest BCUT2D eigenvalue weighted by Gasteiger charge is 2.40. The second-order valence-corrected chi connectivity index (χ2v) is 5.66. The first-order valence-corrected chi connectivity index (χ1v) is 6.74. The highest BCUT2D eigenvalue weighted by molar-refractivity contribution is 5.83. The van der Waals surface area contributed by atoms with Gasteiger partial charge in [-0.05, 0) is 25.8 Å². The number of carbonyl (C=O) groups excluding carboxylic acids is 1. The fourth-order valence-electron chi connectivity index (χ4n) is 2.62. The Labute approximate surface area is 114 Å². The number of amides is 1. The Hall–Kier alpha value is -1.39. The molecule has 1 aliphatic rings. The minimum Gasteiger partial charge on any atom is -0.394 e. The Balaban J connectivity index is 2.08. The van der Waals surface area contributed by atoms with Crippen molar-refractivity contribution in [1.82, 2.24) is 10.2 Å². The molecule has 0 spiro atoms. The summed E-state index contributed by atoms with van der Waals surface area (Å²) in [6, 6.07) is 9.78. The van der Waals surface area contributed by atoms with Crippen LogP contribution in [0.3, 0.4) is 0 Å². The quantitative estimate of drug-likeness (QED) is 0.844. The van der Waals surface area contributed by atoms with Crippen LogP contribution in [0, 0.1) is 0 Å². The van der Waals surface area contributed by atoms with Crippen LogP contribution in [0.25, 0.3) is 0 Å². The maximum absolute atomic E-state index is 11.8. The monoisotopic (exact) mass is 262 g/mol. The van der Waals surface area contributed by atoms with Crippen molar-refractivity contribution in [3.63, 3.8) is 0 Å². The van der Waals surface area contributed by atoms with E-state index in [4.69, 9.17) is 0 Å². The predicted molar refractivity (Wildman–Crippen MR) is 74.8 cm³/mol. The fourth-order valence-corrected chi connectivity index (χ4v) is 2.62. The van der Waals surface area contributed by atoms with E-state index in [2.05, 4.69) is 36.2 Å². The number of hydrogen-bond donors (Lipinski definition) is 2. The van der Waals surface area contributed by atoms with Crippen LogP contribution in [0.5, 0.6) is 0 Å². The Morgan fingerprint density at radius 2 is 2.05 bits per heavy atom. The fraction of sp³-hybridized carbons (Fsp3) is 0.533. The second-order valence-electron chi connectivity index (χ2n) is 5.66. The average molecular weight is 262 g/mol. The maximum Gasteiger partial charge on any atom is 0.239 e. The predicted octanol–water partition coefficient (Wildman–Crippen LogP) is 0.800. The maximum atomic E-state index is 11.8. The summed E-state index contributed by atoms with van der Waals surface area (Å²) in [6.45, 7) is 5.46. The third-order valence-corrected chi connectivity index (χ3v) is 3.81. The first kappa shape index (κ1) is 14.0. The van der Waals surface area contributed by atoms with Crippen molar-refractivity contribution in [2.75, 3.05) is 19.7 Å². The molecule has 1 heterocycles. The molecule has 4 nitrogen and oxygen atoms in total. The van der Waals surface area contributed by atoms with Gasteiger partial charge in [-0.25, -0.2) is 0 Å². The molecule has 0 aromatic heterocycles. The number of hydrogen-bond acceptors (Lipinski definition) is 3. The van der Waals surface area contributed by atoms with E-state index < -0.39 is 6.04 Å². The number of nitrogens with zero attached hydrogens (tertiary/aromatic N) is 1. The molecule has 1 aromatic rings. The minimum atomic E-state index is -0.438. The van der Waals surface area contributed by atoms with Crippen molar-refractivity contribution in [2.45, 2.75) is 31.8 Å². The van der Waals surface area contributed by atoms with Gasteiger partial charge in [0.15, 0.2) is 0 Å². The zero-order valence-corrected chi connectivity index (χ0v) is 11.6. The molecule has 1 unspecified atom stereocenters. The largest absolute Gasteiger partial charge is 0.394 e. The topological polar surface area (TPSA) is 52.6 Å². The van der Waals surface area contributed by atoms with Crippen molar-refractivity contribution >= 4 is 5.91 Å². The van der Waals surface area contributed by atoms with Gasteiger partial charge in [0.25, 0.3) is 0 Å². The van der Waals surface area contributed by atoms with E-state index in [9.17, 15) is 9.90 Å². The number of nitrogens with one attached hydrogen (secondary N) is 1. The van der Waals surface area contributed by atoms with Gasteiger partial charge in [-0.3, -0.25) is 9.69 Å². The molecule has 104 valence electrons. The van der Waals surface area contributed by atoms with E-state index in [1.807, 2.05) is 18.2 Å². The van der Waals surface area contributed by atoms with Gasteiger partial charge in [-0.2, -0.15) is 0 Å². The van der Waals surface area contributed by atoms with E-state index >= 15 is 0 Å². The van der Waals surface area contributed by atoms with Crippen molar-refractivity contribution in [3.8, 4) is 0 Å². The van der Waals surface area contributed by atoms with Gasteiger partial charge in [0.1, 0.15) is 6.04 Å². The van der Waals surface area contributed by atoms with Crippen LogP contribution in [-0.2, 0) is 11.2 Å². The van der Waals surface area contributed by atoms with Gasteiger partial charge in [0.2, 0.25) is 5.91 Å². The summed E-state index contributed by atoms with van der Waals surface area (Å²) >= 11 is 0. The Morgan fingerprint density at radius 3 is 2.68 bits per heavy atom. The van der Waals surface area contributed by atoms with Gasteiger partial charge in [-0.1, -0.05) is 30.3 Å². The van der Waals surface area contributed by atoms with Crippen LogP contribution < -0.4 is 5.32 Å².